The van der Waals surface area contributed by atoms with E-state index in [1.165, 1.54) is 10.5 Å². The molecule has 9 heteroatoms. The first-order valence-electron chi connectivity index (χ1n) is 8.81. The highest BCUT2D eigenvalue weighted by molar-refractivity contribution is 7.93. The van der Waals surface area contributed by atoms with E-state index in [4.69, 9.17) is 4.74 Å². The Bertz CT molecular complexity index is 971. The van der Waals surface area contributed by atoms with Gasteiger partial charge < -0.3 is 9.64 Å². The van der Waals surface area contributed by atoms with Crippen LogP contribution >= 0.6 is 0 Å². The van der Waals surface area contributed by atoms with Gasteiger partial charge in [-0.1, -0.05) is 18.2 Å². The average molecular weight is 388 g/mol. The zero-order chi connectivity index (χ0) is 19.0. The zero-order valence-corrected chi connectivity index (χ0v) is 15.7. The summed E-state index contributed by atoms with van der Waals surface area (Å²) in [6.07, 6.45) is 2.80. The van der Waals surface area contributed by atoms with Crippen LogP contribution in [0.4, 0.5) is 5.82 Å². The van der Waals surface area contributed by atoms with Crippen molar-refractivity contribution in [2.45, 2.75) is 37.3 Å². The van der Waals surface area contributed by atoms with Crippen LogP contribution in [-0.4, -0.2) is 48.4 Å². The Balaban J connectivity index is 1.50. The molecule has 0 saturated carbocycles. The molecule has 2 aliphatic rings. The number of hydrogen-bond acceptors (Lipinski definition) is 6. The highest BCUT2D eigenvalue weighted by Gasteiger charge is 2.35. The van der Waals surface area contributed by atoms with Crippen LogP contribution in [0.5, 0.6) is 6.01 Å². The zero-order valence-electron chi connectivity index (χ0n) is 14.9. The molecule has 1 amide bonds. The Hall–Kier alpha value is -2.68. The van der Waals surface area contributed by atoms with Gasteiger partial charge in [0.2, 0.25) is 5.91 Å². The minimum atomic E-state index is -3.62. The molecule has 1 aromatic carbocycles. The molecule has 0 atom stereocenters. The van der Waals surface area contributed by atoms with Crippen molar-refractivity contribution in [2.75, 3.05) is 17.4 Å². The number of hydrogen-bond donors (Lipinski definition) is 0. The first-order chi connectivity index (χ1) is 12.9. The van der Waals surface area contributed by atoms with Crippen LogP contribution < -0.4 is 9.04 Å². The summed E-state index contributed by atoms with van der Waals surface area (Å²) in [6, 6.07) is 8.65. The van der Waals surface area contributed by atoms with Crippen LogP contribution in [0.2, 0.25) is 0 Å². The van der Waals surface area contributed by atoms with Crippen LogP contribution in [0.1, 0.15) is 25.3 Å². The van der Waals surface area contributed by atoms with E-state index in [2.05, 4.69) is 9.97 Å². The summed E-state index contributed by atoms with van der Waals surface area (Å²) in [5, 5.41) is 0. The van der Waals surface area contributed by atoms with E-state index >= 15 is 0 Å². The lowest BCUT2D eigenvalue weighted by atomic mass is 10.1. The molecule has 3 heterocycles. The number of anilines is 1. The van der Waals surface area contributed by atoms with Gasteiger partial charge in [-0.25, -0.2) is 17.7 Å². The number of likely N-dealkylation sites (tertiary alicyclic amines) is 1. The molecule has 4 rings (SSSR count). The number of carbonyl (C=O) groups is 1. The minimum absolute atomic E-state index is 0.0607. The summed E-state index contributed by atoms with van der Waals surface area (Å²) in [4.78, 5) is 21.9. The van der Waals surface area contributed by atoms with Crippen LogP contribution in [0.25, 0.3) is 0 Å². The molecule has 0 radical (unpaired) electrons. The molecule has 2 aliphatic heterocycles. The number of amides is 1. The fourth-order valence-corrected chi connectivity index (χ4v) is 5.02. The molecular formula is C18H20N4O4S. The highest BCUT2D eigenvalue weighted by atomic mass is 32.2. The van der Waals surface area contributed by atoms with E-state index in [0.29, 0.717) is 30.8 Å². The van der Waals surface area contributed by atoms with Crippen LogP contribution in [0, 0.1) is 0 Å². The number of sulfonamides is 1. The predicted molar refractivity (Wildman–Crippen MR) is 97.7 cm³/mol. The Morgan fingerprint density at radius 2 is 1.93 bits per heavy atom. The summed E-state index contributed by atoms with van der Waals surface area (Å²) in [5.74, 6) is 0.350. The van der Waals surface area contributed by atoms with E-state index in [1.807, 2.05) is 6.07 Å². The van der Waals surface area contributed by atoms with Crippen molar-refractivity contribution in [1.29, 1.82) is 0 Å². The molecule has 8 nitrogen and oxygen atoms in total. The number of ether oxygens (including phenoxy) is 1. The normalized spacial score (nSPS) is 19.0. The summed E-state index contributed by atoms with van der Waals surface area (Å²) in [6.45, 7) is 3.07. The number of aromatic nitrogens is 2. The fourth-order valence-electron chi connectivity index (χ4n) is 3.41. The van der Waals surface area contributed by atoms with Crippen molar-refractivity contribution in [1.82, 2.24) is 14.9 Å². The number of piperidine rings is 1. The van der Waals surface area contributed by atoms with Gasteiger partial charge in [0.1, 0.15) is 11.9 Å². The molecule has 0 unspecified atom stereocenters. The number of nitrogens with zero attached hydrogens (tertiary/aromatic N) is 4. The lowest BCUT2D eigenvalue weighted by Crippen LogP contribution is -2.40. The topological polar surface area (TPSA) is 92.7 Å². The number of fused-ring (bicyclic) bond motifs is 1. The lowest BCUT2D eigenvalue weighted by Gasteiger charge is -2.30. The van der Waals surface area contributed by atoms with Gasteiger partial charge in [0, 0.05) is 45.1 Å². The number of carbonyl (C=O) groups excluding carboxylic acids is 1. The van der Waals surface area contributed by atoms with Gasteiger partial charge in [0.05, 0.1) is 11.4 Å². The maximum atomic E-state index is 12.8. The van der Waals surface area contributed by atoms with Crippen molar-refractivity contribution in [3.8, 4) is 6.01 Å². The predicted octanol–water partition coefficient (Wildman–Crippen LogP) is 1.58. The third-order valence-electron chi connectivity index (χ3n) is 4.89. The molecule has 0 N–H and O–H groups in total. The van der Waals surface area contributed by atoms with Gasteiger partial charge in [-0.15, -0.1) is 0 Å². The Labute approximate surface area is 157 Å². The number of rotatable bonds is 3. The molecule has 1 saturated heterocycles. The summed E-state index contributed by atoms with van der Waals surface area (Å²) in [5.41, 5.74) is 0.746. The number of benzene rings is 1. The second-order valence-electron chi connectivity index (χ2n) is 6.64. The fraction of sp³-hybridized carbons (Fsp3) is 0.389. The molecule has 0 aliphatic carbocycles. The van der Waals surface area contributed by atoms with Gasteiger partial charge in [-0.2, -0.15) is 4.98 Å². The first-order valence-corrected chi connectivity index (χ1v) is 10.2. The van der Waals surface area contributed by atoms with Crippen molar-refractivity contribution < 1.29 is 17.9 Å². The second-order valence-corrected chi connectivity index (χ2v) is 8.47. The average Bonchev–Trinajstić information content (AvgIpc) is 2.94. The van der Waals surface area contributed by atoms with E-state index in [9.17, 15) is 13.2 Å². The third kappa shape index (κ3) is 3.34. The van der Waals surface area contributed by atoms with Crippen molar-refractivity contribution in [2.24, 2.45) is 0 Å². The SMILES string of the molecule is CC(=O)N1CCC(Oc2nccc(N3Cc4ccccc4S3(=O)=O)n2)CC1. The Kier molecular flexibility index (Phi) is 4.47. The monoisotopic (exact) mass is 388 g/mol. The molecule has 27 heavy (non-hydrogen) atoms. The maximum absolute atomic E-state index is 12.8. The van der Waals surface area contributed by atoms with Crippen molar-refractivity contribution in [3.05, 3.63) is 42.1 Å². The Morgan fingerprint density at radius 1 is 1.19 bits per heavy atom. The van der Waals surface area contributed by atoms with Gasteiger partial charge >= 0.3 is 6.01 Å². The van der Waals surface area contributed by atoms with Gasteiger partial charge in [0.25, 0.3) is 10.0 Å². The van der Waals surface area contributed by atoms with E-state index in [1.54, 1.807) is 36.1 Å². The van der Waals surface area contributed by atoms with E-state index in [-0.39, 0.29) is 30.4 Å². The van der Waals surface area contributed by atoms with E-state index in [0.717, 1.165) is 5.56 Å². The molecule has 0 bridgehead atoms. The van der Waals surface area contributed by atoms with Gasteiger partial charge in [-0.3, -0.25) is 4.79 Å². The Morgan fingerprint density at radius 3 is 2.63 bits per heavy atom. The van der Waals surface area contributed by atoms with Gasteiger partial charge in [0.15, 0.2) is 0 Å². The smallest absolute Gasteiger partial charge is 0.318 e. The van der Waals surface area contributed by atoms with Crippen LogP contribution in [-0.2, 0) is 21.4 Å². The standard InChI is InChI=1S/C18H20N4O4S/c1-13(23)21-10-7-15(8-11-21)26-18-19-9-6-17(20-18)22-12-14-4-2-3-5-16(14)27(22,24)25/h2-6,9,15H,7-8,10-12H2,1H3. The second kappa shape index (κ2) is 6.80. The molecule has 2 aromatic rings. The van der Waals surface area contributed by atoms with Crippen molar-refractivity contribution >= 4 is 21.7 Å². The molecular weight excluding hydrogens is 368 g/mol. The largest absolute Gasteiger partial charge is 0.460 e. The van der Waals surface area contributed by atoms with Crippen LogP contribution in [0.15, 0.2) is 41.4 Å². The van der Waals surface area contributed by atoms with Crippen LogP contribution in [0.3, 0.4) is 0 Å². The summed E-state index contributed by atoms with van der Waals surface area (Å²) >= 11 is 0. The first kappa shape index (κ1) is 17.7. The minimum Gasteiger partial charge on any atom is -0.460 e. The highest BCUT2D eigenvalue weighted by Crippen LogP contribution is 2.33. The molecule has 0 spiro atoms. The maximum Gasteiger partial charge on any atom is 0.318 e. The summed E-state index contributed by atoms with van der Waals surface area (Å²) < 4.78 is 32.7. The van der Waals surface area contributed by atoms with Crippen molar-refractivity contribution in [3.63, 3.8) is 0 Å². The van der Waals surface area contributed by atoms with Gasteiger partial charge in [-0.05, 0) is 11.6 Å². The summed E-state index contributed by atoms with van der Waals surface area (Å²) in [7, 11) is -3.62. The molecule has 1 aromatic heterocycles. The lowest BCUT2D eigenvalue weighted by molar-refractivity contribution is -0.130. The third-order valence-corrected chi connectivity index (χ3v) is 6.74. The molecule has 142 valence electrons. The molecule has 1 fully saturated rings. The quantitative estimate of drug-likeness (QED) is 0.793. The van der Waals surface area contributed by atoms with E-state index < -0.39 is 10.0 Å².